The molecule has 0 radical (unpaired) electrons. The van der Waals surface area contributed by atoms with E-state index in [-0.39, 0.29) is 23.9 Å². The monoisotopic (exact) mass is 315 g/mol. The van der Waals surface area contributed by atoms with Crippen LogP contribution in [0.3, 0.4) is 0 Å². The van der Waals surface area contributed by atoms with Crippen molar-refractivity contribution in [3.63, 3.8) is 0 Å². The molecule has 0 aromatic carbocycles. The van der Waals surface area contributed by atoms with Crippen molar-refractivity contribution in [3.05, 3.63) is 11.4 Å². The van der Waals surface area contributed by atoms with Crippen molar-refractivity contribution in [2.45, 2.75) is 57.5 Å². The summed E-state index contributed by atoms with van der Waals surface area (Å²) in [6.45, 7) is 5.49. The maximum atomic E-state index is 12.5. The van der Waals surface area contributed by atoms with Gasteiger partial charge in [0.15, 0.2) is 0 Å². The Morgan fingerprint density at radius 1 is 1.48 bits per heavy atom. The molecule has 1 aliphatic carbocycles. The van der Waals surface area contributed by atoms with E-state index in [0.717, 1.165) is 12.8 Å². The normalized spacial score (nSPS) is 21.5. The number of carboxylic acid groups (broad SMARTS) is 1. The molecule has 1 aliphatic rings. The first-order valence-electron chi connectivity index (χ1n) is 7.04. The number of aromatic nitrogens is 2. The fourth-order valence-corrected chi connectivity index (χ4v) is 4.32. The van der Waals surface area contributed by atoms with Gasteiger partial charge >= 0.3 is 5.97 Å². The van der Waals surface area contributed by atoms with E-state index in [0.29, 0.717) is 17.3 Å². The van der Waals surface area contributed by atoms with Crippen molar-refractivity contribution in [3.8, 4) is 0 Å². The van der Waals surface area contributed by atoms with Crippen LogP contribution in [0.1, 0.15) is 37.6 Å². The summed E-state index contributed by atoms with van der Waals surface area (Å²) < 4.78 is 29.1. The summed E-state index contributed by atoms with van der Waals surface area (Å²) in [6.07, 6.45) is 1.75. The average molecular weight is 315 g/mol. The summed E-state index contributed by atoms with van der Waals surface area (Å²) in [7, 11) is -3.60. The van der Waals surface area contributed by atoms with Gasteiger partial charge in [0.05, 0.1) is 24.4 Å². The van der Waals surface area contributed by atoms with E-state index in [1.807, 2.05) is 6.92 Å². The van der Waals surface area contributed by atoms with E-state index in [9.17, 15) is 13.2 Å². The van der Waals surface area contributed by atoms with Crippen molar-refractivity contribution < 1.29 is 18.3 Å². The first-order chi connectivity index (χ1) is 9.76. The first kappa shape index (κ1) is 16.0. The molecule has 1 saturated carbocycles. The highest BCUT2D eigenvalue weighted by Gasteiger charge is 2.39. The molecule has 1 aromatic heterocycles. The summed E-state index contributed by atoms with van der Waals surface area (Å²) in [5, 5.41) is 12.9. The van der Waals surface area contributed by atoms with Gasteiger partial charge in [-0.25, -0.2) is 13.1 Å². The number of carboxylic acids is 1. The summed E-state index contributed by atoms with van der Waals surface area (Å²) in [5.74, 6) is -0.517. The van der Waals surface area contributed by atoms with Crippen LogP contribution in [0.5, 0.6) is 0 Å². The van der Waals surface area contributed by atoms with Crippen LogP contribution in [-0.2, 0) is 21.4 Å². The Morgan fingerprint density at radius 3 is 2.67 bits per heavy atom. The third-order valence-electron chi connectivity index (χ3n) is 3.87. The second-order valence-electron chi connectivity index (χ2n) is 5.50. The van der Waals surface area contributed by atoms with E-state index in [1.54, 1.807) is 13.8 Å². The number of carbonyl (C=O) groups is 1. The van der Waals surface area contributed by atoms with Crippen molar-refractivity contribution in [1.82, 2.24) is 14.5 Å². The Bertz CT molecular complexity index is 651. The fraction of sp³-hybridized carbons (Fsp3) is 0.692. The molecule has 2 rings (SSSR count). The van der Waals surface area contributed by atoms with Gasteiger partial charge in [-0.2, -0.15) is 5.10 Å². The molecule has 0 spiro atoms. The lowest BCUT2D eigenvalue weighted by Gasteiger charge is -2.07. The SMILES string of the molecule is CCC1CC1NS(=O)(=O)c1c(C)nn(CCC(=O)O)c1C. The van der Waals surface area contributed by atoms with Crippen LogP contribution >= 0.6 is 0 Å². The number of nitrogens with one attached hydrogen (secondary N) is 1. The standard InChI is InChI=1S/C13H21N3O4S/c1-4-10-7-11(10)15-21(19,20)13-8(2)14-16(9(13)3)6-5-12(17)18/h10-11,15H,4-7H2,1-3H3,(H,17,18). The largest absolute Gasteiger partial charge is 0.481 e. The Morgan fingerprint density at radius 2 is 2.14 bits per heavy atom. The van der Waals surface area contributed by atoms with Gasteiger partial charge in [-0.05, 0) is 26.2 Å². The van der Waals surface area contributed by atoms with Crippen molar-refractivity contribution in [2.24, 2.45) is 5.92 Å². The minimum absolute atomic E-state index is 0.0150. The van der Waals surface area contributed by atoms with Gasteiger partial charge in [0, 0.05) is 6.04 Å². The molecule has 21 heavy (non-hydrogen) atoms. The van der Waals surface area contributed by atoms with Gasteiger partial charge < -0.3 is 5.11 Å². The number of hydrogen-bond donors (Lipinski definition) is 2. The predicted octanol–water partition coefficient (Wildman–Crippen LogP) is 1.05. The zero-order valence-corrected chi connectivity index (χ0v) is 13.3. The van der Waals surface area contributed by atoms with E-state index in [4.69, 9.17) is 5.11 Å². The molecule has 1 aromatic rings. The summed E-state index contributed by atoms with van der Waals surface area (Å²) in [5.41, 5.74) is 0.883. The molecule has 0 bridgehead atoms. The first-order valence-corrected chi connectivity index (χ1v) is 8.52. The summed E-state index contributed by atoms with van der Waals surface area (Å²) in [6, 6.07) is 0.0150. The van der Waals surface area contributed by atoms with Crippen LogP contribution in [0, 0.1) is 19.8 Å². The maximum absolute atomic E-state index is 12.5. The molecule has 2 atom stereocenters. The molecule has 2 unspecified atom stereocenters. The lowest BCUT2D eigenvalue weighted by molar-refractivity contribution is -0.137. The Labute approximate surface area is 124 Å². The minimum atomic E-state index is -3.60. The number of sulfonamides is 1. The minimum Gasteiger partial charge on any atom is -0.481 e. The number of aryl methyl sites for hydroxylation is 2. The van der Waals surface area contributed by atoms with Gasteiger partial charge in [0.2, 0.25) is 10.0 Å². The maximum Gasteiger partial charge on any atom is 0.305 e. The molecule has 0 amide bonds. The van der Waals surface area contributed by atoms with Crippen molar-refractivity contribution >= 4 is 16.0 Å². The van der Waals surface area contributed by atoms with Gasteiger partial charge in [0.1, 0.15) is 4.90 Å². The van der Waals surface area contributed by atoms with Gasteiger partial charge in [0.25, 0.3) is 0 Å². The molecule has 1 heterocycles. The number of nitrogens with zero attached hydrogens (tertiary/aromatic N) is 2. The quantitative estimate of drug-likeness (QED) is 0.783. The topological polar surface area (TPSA) is 101 Å². The third kappa shape index (κ3) is 3.44. The van der Waals surface area contributed by atoms with Gasteiger partial charge in [-0.1, -0.05) is 13.3 Å². The molecule has 1 fully saturated rings. The molecule has 0 aliphatic heterocycles. The van der Waals surface area contributed by atoms with E-state index >= 15 is 0 Å². The third-order valence-corrected chi connectivity index (χ3v) is 5.62. The number of rotatable bonds is 7. The number of hydrogen-bond acceptors (Lipinski definition) is 4. The van der Waals surface area contributed by atoms with Crippen LogP contribution in [0.25, 0.3) is 0 Å². The van der Waals surface area contributed by atoms with Crippen LogP contribution in [-0.4, -0.2) is 35.3 Å². The van der Waals surface area contributed by atoms with E-state index < -0.39 is 16.0 Å². The van der Waals surface area contributed by atoms with Crippen molar-refractivity contribution in [2.75, 3.05) is 0 Å². The zero-order valence-electron chi connectivity index (χ0n) is 12.5. The van der Waals surface area contributed by atoms with Crippen molar-refractivity contribution in [1.29, 1.82) is 0 Å². The number of aliphatic carboxylic acids is 1. The second-order valence-corrected chi connectivity index (χ2v) is 7.15. The van der Waals surface area contributed by atoms with E-state index in [2.05, 4.69) is 9.82 Å². The second kappa shape index (κ2) is 5.76. The fourth-order valence-electron chi connectivity index (χ4n) is 2.59. The van der Waals surface area contributed by atoms with Crippen LogP contribution in [0.15, 0.2) is 4.90 Å². The van der Waals surface area contributed by atoms with Crippen LogP contribution in [0.4, 0.5) is 0 Å². The summed E-state index contributed by atoms with van der Waals surface area (Å²) in [4.78, 5) is 10.8. The molecule has 118 valence electrons. The molecule has 2 N–H and O–H groups in total. The lowest BCUT2D eigenvalue weighted by atomic mass is 10.3. The average Bonchev–Trinajstić information content (AvgIpc) is 3.03. The smallest absolute Gasteiger partial charge is 0.305 e. The lowest BCUT2D eigenvalue weighted by Crippen LogP contribution is -2.28. The Hall–Kier alpha value is -1.41. The Kier molecular flexibility index (Phi) is 4.38. The summed E-state index contributed by atoms with van der Waals surface area (Å²) >= 11 is 0. The molecule has 0 saturated heterocycles. The molecular weight excluding hydrogens is 294 g/mol. The highest BCUT2D eigenvalue weighted by Crippen LogP contribution is 2.35. The predicted molar refractivity (Wildman–Crippen MR) is 76.5 cm³/mol. The highest BCUT2D eigenvalue weighted by molar-refractivity contribution is 7.89. The van der Waals surface area contributed by atoms with Crippen LogP contribution in [0.2, 0.25) is 0 Å². The zero-order chi connectivity index (χ0) is 15.8. The molecular formula is C13H21N3O4S. The highest BCUT2D eigenvalue weighted by atomic mass is 32.2. The van der Waals surface area contributed by atoms with Gasteiger partial charge in [-0.3, -0.25) is 9.48 Å². The van der Waals surface area contributed by atoms with E-state index in [1.165, 1.54) is 4.68 Å². The molecule has 8 heteroatoms. The van der Waals surface area contributed by atoms with Gasteiger partial charge in [-0.15, -0.1) is 0 Å². The molecule has 7 nitrogen and oxygen atoms in total. The van der Waals surface area contributed by atoms with Crippen LogP contribution < -0.4 is 4.72 Å². The Balaban J connectivity index is 2.20.